The fraction of sp³-hybridized carbons (Fsp3) is 0.409. The van der Waals surface area contributed by atoms with Crippen LogP contribution >= 0.6 is 15.9 Å². The number of rotatable bonds is 9. The molecule has 2 rings (SSSR count). The summed E-state index contributed by atoms with van der Waals surface area (Å²) in [6.07, 6.45) is 9.01. The number of halogens is 1. The number of aliphatic hydroxyl groups is 2. The topological polar surface area (TPSA) is 104 Å². The molecule has 1 fully saturated rings. The summed E-state index contributed by atoms with van der Waals surface area (Å²) in [5, 5.41) is 30.2. The molecule has 0 spiro atoms. The quantitative estimate of drug-likeness (QED) is 0.223. The predicted molar refractivity (Wildman–Crippen MR) is 111 cm³/mol. The van der Waals surface area contributed by atoms with E-state index < -0.39 is 16.3 Å². The molecule has 3 N–H and O–H groups in total. The second kappa shape index (κ2) is 10.0. The van der Waals surface area contributed by atoms with E-state index in [1.807, 2.05) is 13.0 Å². The van der Waals surface area contributed by atoms with Crippen LogP contribution in [0, 0.1) is 11.8 Å². The maximum atomic E-state index is 12.1. The van der Waals surface area contributed by atoms with Crippen LogP contribution in [0.15, 0.2) is 60.4 Å². The summed E-state index contributed by atoms with van der Waals surface area (Å²) >= 11 is 2.80. The van der Waals surface area contributed by atoms with Gasteiger partial charge in [0.2, 0.25) is 0 Å². The second-order valence-electron chi connectivity index (χ2n) is 6.90. The Balaban J connectivity index is 2.16. The number of ether oxygens (including phenoxy) is 1. The van der Waals surface area contributed by atoms with Crippen LogP contribution in [0.4, 0.5) is 0 Å². The first-order valence-electron chi connectivity index (χ1n) is 9.44. The van der Waals surface area contributed by atoms with E-state index in [0.29, 0.717) is 12.8 Å². The number of hydrogen-bond donors (Lipinski definition) is 3. The lowest BCUT2D eigenvalue weighted by molar-refractivity contribution is -0.206. The lowest BCUT2D eigenvalue weighted by Crippen LogP contribution is -2.57. The van der Waals surface area contributed by atoms with Crippen LogP contribution in [0.3, 0.4) is 0 Å². The molecule has 0 bridgehead atoms. The normalized spacial score (nSPS) is 21.4. The van der Waals surface area contributed by atoms with Crippen molar-refractivity contribution in [2.24, 2.45) is 11.8 Å². The fourth-order valence-electron chi connectivity index (χ4n) is 3.17. The van der Waals surface area contributed by atoms with Gasteiger partial charge in [0.05, 0.1) is 0 Å². The van der Waals surface area contributed by atoms with Gasteiger partial charge in [-0.15, -0.1) is 5.73 Å². The van der Waals surface area contributed by atoms with E-state index in [-0.39, 0.29) is 23.4 Å². The summed E-state index contributed by atoms with van der Waals surface area (Å²) in [4.78, 5) is 23.8. The molecule has 0 radical (unpaired) electrons. The van der Waals surface area contributed by atoms with Gasteiger partial charge in [-0.3, -0.25) is 4.79 Å². The number of carboxylic acid groups (broad SMARTS) is 1. The Kier molecular flexibility index (Phi) is 7.99. The Labute approximate surface area is 178 Å². The number of Topliss-reactive ketones (excluding diaryl/α,β-unsaturated/α-hetero) is 1. The van der Waals surface area contributed by atoms with Crippen molar-refractivity contribution in [2.45, 2.75) is 42.9 Å². The summed E-state index contributed by atoms with van der Waals surface area (Å²) in [6.45, 7) is 2.03. The molecule has 1 aromatic carbocycles. The smallest absolute Gasteiger partial charge is 0.365 e. The van der Waals surface area contributed by atoms with Gasteiger partial charge < -0.3 is 20.1 Å². The molecule has 0 amide bonds. The van der Waals surface area contributed by atoms with Gasteiger partial charge in [0.15, 0.2) is 0 Å². The predicted octanol–water partition coefficient (Wildman–Crippen LogP) is 3.59. The van der Waals surface area contributed by atoms with E-state index in [0.717, 1.165) is 18.9 Å². The van der Waals surface area contributed by atoms with Gasteiger partial charge in [0, 0.05) is 18.4 Å². The molecule has 1 aliphatic carbocycles. The monoisotopic (exact) mass is 464 g/mol. The van der Waals surface area contributed by atoms with Crippen molar-refractivity contribution in [1.29, 1.82) is 0 Å². The molecule has 0 saturated heterocycles. The molecule has 6 nitrogen and oxygen atoms in total. The van der Waals surface area contributed by atoms with Crippen LogP contribution in [0.25, 0.3) is 0 Å². The van der Waals surface area contributed by atoms with E-state index in [9.17, 15) is 24.9 Å². The summed E-state index contributed by atoms with van der Waals surface area (Å²) < 4.78 is 2.76. The highest BCUT2D eigenvalue weighted by molar-refractivity contribution is 9.10. The number of benzene rings is 1. The average Bonchev–Trinajstić information content (AvgIpc) is 3.03. The van der Waals surface area contributed by atoms with Crippen LogP contribution in [-0.4, -0.2) is 37.4 Å². The largest absolute Gasteiger partial charge is 0.477 e. The highest BCUT2D eigenvalue weighted by Gasteiger charge is 2.56. The third-order valence-corrected chi connectivity index (χ3v) is 5.88. The third kappa shape index (κ3) is 5.67. The number of aliphatic carboxylic acids is 1. The van der Waals surface area contributed by atoms with Crippen molar-refractivity contribution in [1.82, 2.24) is 0 Å². The number of carbonyl (C=O) groups excluding carboxylic acids is 1. The van der Waals surface area contributed by atoms with Gasteiger partial charge in [-0.1, -0.05) is 37.3 Å². The minimum atomic E-state index is -2.91. The molecule has 1 saturated carbocycles. The Morgan fingerprint density at radius 2 is 2.03 bits per heavy atom. The Bertz CT molecular complexity index is 810. The lowest BCUT2D eigenvalue weighted by atomic mass is 9.91. The Hall–Kier alpha value is -2.18. The maximum Gasteiger partial charge on any atom is 0.365 e. The van der Waals surface area contributed by atoms with Crippen LogP contribution < -0.4 is 4.74 Å². The average molecular weight is 465 g/mol. The summed E-state index contributed by atoms with van der Waals surface area (Å²) in [5.41, 5.74) is 2.60. The van der Waals surface area contributed by atoms with E-state index in [1.165, 1.54) is 18.2 Å². The maximum absolute atomic E-state index is 12.1. The van der Waals surface area contributed by atoms with E-state index in [1.54, 1.807) is 18.2 Å². The van der Waals surface area contributed by atoms with E-state index in [2.05, 4.69) is 27.7 Å². The third-order valence-electron chi connectivity index (χ3n) is 4.80. The molecule has 1 aromatic rings. The van der Waals surface area contributed by atoms with Crippen LogP contribution in [0.5, 0.6) is 5.75 Å². The molecule has 0 aliphatic heterocycles. The number of allylic oxidation sites excluding steroid dienone is 2. The van der Waals surface area contributed by atoms with Gasteiger partial charge in [-0.2, -0.15) is 0 Å². The highest BCUT2D eigenvalue weighted by atomic mass is 79.9. The van der Waals surface area contributed by atoms with Gasteiger partial charge >= 0.3 is 10.5 Å². The van der Waals surface area contributed by atoms with Crippen molar-refractivity contribution in [2.75, 3.05) is 0 Å². The van der Waals surface area contributed by atoms with Crippen LogP contribution in [-0.2, 0) is 9.59 Å². The van der Waals surface area contributed by atoms with Gasteiger partial charge in [-0.05, 0) is 59.3 Å². The zero-order valence-corrected chi connectivity index (χ0v) is 17.7. The summed E-state index contributed by atoms with van der Waals surface area (Å²) in [7, 11) is 0. The SMILES string of the molecule is CC/C=C/[C@H]1CCC(=O)[C@@H]1CC=C=CC([16OH])([16OH])C(Br)(Oc1ccccc1)C(=O)O. The molecule has 3 atom stereocenters. The van der Waals surface area contributed by atoms with Crippen LogP contribution in [0.1, 0.15) is 32.6 Å². The van der Waals surface area contributed by atoms with E-state index in [4.69, 9.17) is 4.74 Å². The van der Waals surface area contributed by atoms with Crippen molar-refractivity contribution < 1.29 is 29.6 Å². The standard InChI is InChI=1S/C22H25BrO6/c1-2-3-9-16-13-14-19(24)18(16)12-7-8-15-21(27,28)22(23,20(25)26)29-17-10-5-4-6-11-17/h3-7,9-11,15-16,18,27-28H,2,12-14H2,1H3,(H,25,26)/b9-3+/t8?,16-,18+,22?/m0/s1/i27+0,28+0. The Morgan fingerprint density at radius 1 is 1.34 bits per heavy atom. The first kappa shape index (κ1) is 23.1. The van der Waals surface area contributed by atoms with Crippen LogP contribution in [0.2, 0.25) is 0 Å². The summed E-state index contributed by atoms with van der Waals surface area (Å²) in [5.74, 6) is -4.25. The number of carbonyl (C=O) groups is 2. The molecule has 156 valence electrons. The van der Waals surface area contributed by atoms with Crippen molar-refractivity contribution in [3.63, 3.8) is 0 Å². The molecule has 0 aromatic heterocycles. The number of alkyl halides is 1. The number of para-hydroxylation sites is 1. The van der Waals surface area contributed by atoms with Crippen molar-refractivity contribution >= 4 is 27.7 Å². The second-order valence-corrected chi connectivity index (χ2v) is 8.02. The number of hydrogen-bond acceptors (Lipinski definition) is 5. The van der Waals surface area contributed by atoms with Gasteiger partial charge in [0.25, 0.3) is 5.79 Å². The molecule has 1 unspecified atom stereocenters. The zero-order valence-electron chi connectivity index (χ0n) is 16.1. The first-order valence-corrected chi connectivity index (χ1v) is 10.2. The van der Waals surface area contributed by atoms with Crippen molar-refractivity contribution in [3.05, 3.63) is 60.4 Å². The molecule has 7 heteroatoms. The molecular formula is C22H25BrO6. The van der Waals surface area contributed by atoms with E-state index >= 15 is 0 Å². The number of ketones is 1. The lowest BCUT2D eigenvalue weighted by Gasteiger charge is -2.33. The van der Waals surface area contributed by atoms with Crippen molar-refractivity contribution in [3.8, 4) is 5.75 Å². The minimum absolute atomic E-state index is 0.138. The summed E-state index contributed by atoms with van der Waals surface area (Å²) in [6, 6.07) is 7.94. The number of carboxylic acids is 1. The first-order chi connectivity index (χ1) is 13.7. The molecule has 1 aliphatic rings. The van der Waals surface area contributed by atoms with Gasteiger partial charge in [-0.25, -0.2) is 4.79 Å². The molecular weight excluding hydrogens is 440 g/mol. The molecule has 29 heavy (non-hydrogen) atoms. The van der Waals surface area contributed by atoms with Gasteiger partial charge in [0.1, 0.15) is 11.5 Å². The highest BCUT2D eigenvalue weighted by Crippen LogP contribution is 2.35. The Morgan fingerprint density at radius 3 is 2.66 bits per heavy atom. The zero-order chi connectivity index (χ0) is 21.5. The molecule has 0 heterocycles. The minimum Gasteiger partial charge on any atom is -0.477 e. The fourth-order valence-corrected chi connectivity index (χ4v) is 3.47.